The van der Waals surface area contributed by atoms with Gasteiger partial charge in [-0.05, 0) is 23.8 Å². The number of amides is 1. The zero-order valence-electron chi connectivity index (χ0n) is 8.47. The van der Waals surface area contributed by atoms with Gasteiger partial charge in [0.15, 0.2) is 5.69 Å². The number of rotatable bonds is 2. The fourth-order valence-corrected chi connectivity index (χ4v) is 2.34. The van der Waals surface area contributed by atoms with Gasteiger partial charge in [-0.3, -0.25) is 4.79 Å². The van der Waals surface area contributed by atoms with E-state index in [1.165, 1.54) is 23.9 Å². The van der Waals surface area contributed by atoms with Crippen molar-refractivity contribution in [3.63, 3.8) is 0 Å². The standard InChI is InChI=1S/C10H8N2O3S2/c13-9-8(17-10(16)11-9)5-6-1-3-7(4-2-6)12(14)15/h1-5,12,14H,(H,11,13,16). The summed E-state index contributed by atoms with van der Waals surface area (Å²) in [6.07, 6.45) is 1.67. The van der Waals surface area contributed by atoms with E-state index in [-0.39, 0.29) is 11.6 Å². The first-order chi connectivity index (χ1) is 8.06. The minimum atomic E-state index is -0.974. The van der Waals surface area contributed by atoms with Gasteiger partial charge in [-0.1, -0.05) is 24.0 Å². The summed E-state index contributed by atoms with van der Waals surface area (Å²) in [5.74, 6) is -0.220. The average molecular weight is 268 g/mol. The summed E-state index contributed by atoms with van der Waals surface area (Å²) >= 11 is 6.05. The molecule has 1 fully saturated rings. The lowest BCUT2D eigenvalue weighted by Gasteiger charge is -2.10. The molecule has 3 N–H and O–H groups in total. The van der Waals surface area contributed by atoms with E-state index in [0.717, 1.165) is 5.56 Å². The summed E-state index contributed by atoms with van der Waals surface area (Å²) in [4.78, 5) is 11.9. The van der Waals surface area contributed by atoms with Crippen molar-refractivity contribution in [1.29, 1.82) is 0 Å². The molecule has 1 aromatic rings. The van der Waals surface area contributed by atoms with Crippen LogP contribution in [0.1, 0.15) is 5.56 Å². The molecular formula is C10H8N2O3S2. The van der Waals surface area contributed by atoms with Crippen molar-refractivity contribution in [2.75, 3.05) is 0 Å². The molecule has 0 saturated carbocycles. The van der Waals surface area contributed by atoms with Crippen LogP contribution in [0.2, 0.25) is 0 Å². The highest BCUT2D eigenvalue weighted by Gasteiger charge is 2.21. The summed E-state index contributed by atoms with van der Waals surface area (Å²) in [6.45, 7) is 0. The zero-order valence-corrected chi connectivity index (χ0v) is 10.1. The Morgan fingerprint density at radius 2 is 2.06 bits per heavy atom. The van der Waals surface area contributed by atoms with Crippen LogP contribution in [0.3, 0.4) is 0 Å². The highest BCUT2D eigenvalue weighted by atomic mass is 32.2. The quantitative estimate of drug-likeness (QED) is 0.415. The topological polar surface area (TPSA) is 76.8 Å². The van der Waals surface area contributed by atoms with E-state index in [0.29, 0.717) is 9.23 Å². The normalized spacial score (nSPS) is 19.5. The molecule has 1 aliphatic rings. The van der Waals surface area contributed by atoms with Gasteiger partial charge in [0.1, 0.15) is 4.32 Å². The van der Waals surface area contributed by atoms with E-state index in [9.17, 15) is 10.0 Å². The molecule has 88 valence electrons. The Hall–Kier alpha value is -1.25. The summed E-state index contributed by atoms with van der Waals surface area (Å²) in [6, 6.07) is 6.27. The Morgan fingerprint density at radius 3 is 2.53 bits per heavy atom. The maximum Gasteiger partial charge on any atom is 0.263 e. The van der Waals surface area contributed by atoms with Gasteiger partial charge in [0, 0.05) is 12.1 Å². The fraction of sp³-hybridized carbons (Fsp3) is 0. The first kappa shape index (κ1) is 12.2. The first-order valence-corrected chi connectivity index (χ1v) is 5.87. The maximum absolute atomic E-state index is 11.4. The van der Waals surface area contributed by atoms with Crippen LogP contribution in [0.25, 0.3) is 6.08 Å². The Kier molecular flexibility index (Phi) is 3.55. The van der Waals surface area contributed by atoms with Crippen molar-refractivity contribution < 1.29 is 15.2 Å². The molecule has 17 heavy (non-hydrogen) atoms. The van der Waals surface area contributed by atoms with Crippen molar-refractivity contribution in [1.82, 2.24) is 5.32 Å². The zero-order chi connectivity index (χ0) is 12.4. The van der Waals surface area contributed by atoms with Crippen LogP contribution in [0, 0.1) is 5.21 Å². The monoisotopic (exact) mass is 268 g/mol. The molecule has 1 aliphatic heterocycles. The largest absolute Gasteiger partial charge is 0.595 e. The number of nitrogens with one attached hydrogen (secondary N) is 2. The molecule has 7 heteroatoms. The molecule has 0 bridgehead atoms. The van der Waals surface area contributed by atoms with Crippen LogP contribution in [0.4, 0.5) is 5.69 Å². The van der Waals surface area contributed by atoms with Gasteiger partial charge in [0.25, 0.3) is 5.91 Å². The van der Waals surface area contributed by atoms with Crippen molar-refractivity contribution in [2.45, 2.75) is 0 Å². The fourth-order valence-electron chi connectivity index (χ4n) is 1.29. The third-order valence-electron chi connectivity index (χ3n) is 2.10. The molecule has 1 atom stereocenters. The number of benzene rings is 1. The number of hydrogen-bond acceptors (Lipinski definition) is 5. The van der Waals surface area contributed by atoms with Crippen molar-refractivity contribution >= 4 is 46.0 Å². The average Bonchev–Trinajstić information content (AvgIpc) is 2.58. The Bertz CT molecular complexity index is 497. The predicted octanol–water partition coefficient (Wildman–Crippen LogP) is 0.579. The van der Waals surface area contributed by atoms with E-state index in [4.69, 9.17) is 17.4 Å². The molecule has 0 aromatic heterocycles. The summed E-state index contributed by atoms with van der Waals surface area (Å²) in [5.41, 5.74) is 0.976. The second kappa shape index (κ2) is 4.94. The molecule has 1 saturated heterocycles. The Balaban J connectivity index is 2.21. The third kappa shape index (κ3) is 2.90. The Labute approximate surface area is 107 Å². The van der Waals surface area contributed by atoms with Gasteiger partial charge >= 0.3 is 0 Å². The van der Waals surface area contributed by atoms with Crippen LogP contribution >= 0.6 is 24.0 Å². The molecule has 1 unspecified atom stereocenters. The van der Waals surface area contributed by atoms with E-state index in [1.807, 2.05) is 0 Å². The lowest BCUT2D eigenvalue weighted by molar-refractivity contribution is -0.991. The number of carbonyl (C=O) groups excluding carboxylic acids is 1. The van der Waals surface area contributed by atoms with E-state index >= 15 is 0 Å². The van der Waals surface area contributed by atoms with Crippen LogP contribution in [-0.4, -0.2) is 15.4 Å². The van der Waals surface area contributed by atoms with Crippen LogP contribution in [0.15, 0.2) is 29.2 Å². The summed E-state index contributed by atoms with van der Waals surface area (Å²) in [5, 5.41) is 20.9. The molecular weight excluding hydrogens is 260 g/mol. The SMILES string of the molecule is O=C1NC(=S)SC1=Cc1ccc([NH+]([O-])O)cc1. The number of thiocarbonyl (C=S) groups is 1. The number of thioether (sulfide) groups is 1. The van der Waals surface area contributed by atoms with Crippen LogP contribution in [-0.2, 0) is 4.79 Å². The maximum atomic E-state index is 11.4. The third-order valence-corrected chi connectivity index (χ3v) is 3.26. The highest BCUT2D eigenvalue weighted by molar-refractivity contribution is 8.26. The predicted molar refractivity (Wildman–Crippen MR) is 68.5 cm³/mol. The molecule has 2 rings (SSSR count). The van der Waals surface area contributed by atoms with Crippen molar-refractivity contribution in [3.05, 3.63) is 39.9 Å². The van der Waals surface area contributed by atoms with E-state index in [2.05, 4.69) is 5.32 Å². The molecule has 0 spiro atoms. The van der Waals surface area contributed by atoms with Crippen molar-refractivity contribution in [3.8, 4) is 0 Å². The van der Waals surface area contributed by atoms with Gasteiger partial charge in [-0.15, -0.1) is 0 Å². The number of hydrogen-bond donors (Lipinski definition) is 3. The van der Waals surface area contributed by atoms with Gasteiger partial charge in [0.05, 0.1) is 4.91 Å². The molecule has 0 radical (unpaired) electrons. The summed E-state index contributed by atoms with van der Waals surface area (Å²) < 4.78 is 0.434. The molecule has 1 amide bonds. The summed E-state index contributed by atoms with van der Waals surface area (Å²) in [7, 11) is 0. The van der Waals surface area contributed by atoms with Crippen LogP contribution < -0.4 is 10.5 Å². The van der Waals surface area contributed by atoms with Gasteiger partial charge in [0.2, 0.25) is 0 Å². The van der Waals surface area contributed by atoms with Crippen molar-refractivity contribution in [2.24, 2.45) is 0 Å². The molecule has 0 aliphatic carbocycles. The minimum absolute atomic E-state index is 0.214. The lowest BCUT2D eigenvalue weighted by Crippen LogP contribution is -2.99. The second-order valence-electron chi connectivity index (χ2n) is 3.28. The van der Waals surface area contributed by atoms with Gasteiger partial charge < -0.3 is 10.5 Å². The highest BCUT2D eigenvalue weighted by Crippen LogP contribution is 2.25. The molecule has 1 heterocycles. The molecule has 1 aromatic carbocycles. The van der Waals surface area contributed by atoms with E-state index < -0.39 is 5.23 Å². The first-order valence-electron chi connectivity index (χ1n) is 4.64. The molecule has 5 nitrogen and oxygen atoms in total. The Morgan fingerprint density at radius 1 is 1.41 bits per heavy atom. The lowest BCUT2D eigenvalue weighted by atomic mass is 10.2. The number of carbonyl (C=O) groups is 1. The second-order valence-corrected chi connectivity index (χ2v) is 5.00. The minimum Gasteiger partial charge on any atom is -0.595 e. The van der Waals surface area contributed by atoms with Gasteiger partial charge in [-0.25, -0.2) is 5.21 Å². The smallest absolute Gasteiger partial charge is 0.263 e. The van der Waals surface area contributed by atoms with E-state index in [1.54, 1.807) is 18.2 Å². The van der Waals surface area contributed by atoms with Gasteiger partial charge in [-0.2, -0.15) is 5.23 Å². The number of quaternary nitrogens is 1. The van der Waals surface area contributed by atoms with Crippen LogP contribution in [0.5, 0.6) is 0 Å².